The van der Waals surface area contributed by atoms with Crippen LogP contribution in [0.15, 0.2) is 12.3 Å². The molecule has 3 heterocycles. The molecule has 0 radical (unpaired) electrons. The normalized spacial score (nSPS) is 24.3. The molecule has 4 rings (SSSR count). The highest BCUT2D eigenvalue weighted by Gasteiger charge is 2.39. The fourth-order valence-corrected chi connectivity index (χ4v) is 3.98. The molecule has 1 fully saturated rings. The van der Waals surface area contributed by atoms with Crippen molar-refractivity contribution in [2.45, 2.75) is 57.1 Å². The van der Waals surface area contributed by atoms with Gasteiger partial charge in [-0.3, -0.25) is 9.48 Å². The Bertz CT molecular complexity index is 987. The number of rotatable bonds is 5. The van der Waals surface area contributed by atoms with Crippen LogP contribution < -0.4 is 15.5 Å². The number of fused-ring (bicyclic) bond motifs is 1. The van der Waals surface area contributed by atoms with Crippen molar-refractivity contribution in [2.24, 2.45) is 0 Å². The fraction of sp³-hybridized carbons (Fsp3) is 0.579. The third kappa shape index (κ3) is 3.91. The number of halogens is 3. The highest BCUT2D eigenvalue weighted by molar-refractivity contribution is 6.03. The Morgan fingerprint density at radius 2 is 2.03 bits per heavy atom. The molecule has 0 bridgehead atoms. The van der Waals surface area contributed by atoms with Crippen molar-refractivity contribution in [1.82, 2.24) is 19.7 Å². The van der Waals surface area contributed by atoms with E-state index in [2.05, 4.69) is 25.7 Å². The van der Waals surface area contributed by atoms with Crippen molar-refractivity contribution in [2.75, 3.05) is 29.7 Å². The van der Waals surface area contributed by atoms with Crippen LogP contribution in [0.4, 0.5) is 30.6 Å². The van der Waals surface area contributed by atoms with E-state index < -0.39 is 17.9 Å². The molecule has 1 aliphatic carbocycles. The number of nitrogens with zero attached hydrogens (tertiary/aromatic N) is 5. The molecule has 1 amide bonds. The largest absolute Gasteiger partial charge is 0.435 e. The minimum absolute atomic E-state index is 0.0122. The number of anilines is 3. The number of likely N-dealkylation sites (N-methyl/N-ethyl adjacent to an activating group) is 1. The van der Waals surface area contributed by atoms with E-state index in [-0.39, 0.29) is 24.1 Å². The summed E-state index contributed by atoms with van der Waals surface area (Å²) < 4.78 is 44.9. The number of alkyl halides is 3. The lowest BCUT2D eigenvalue weighted by Crippen LogP contribution is -2.53. The Morgan fingerprint density at radius 3 is 2.65 bits per heavy atom. The SMILES string of the molecule is CO[C@H](C)[C@H]1C(=O)Nc2c(C)nc(NC3CC(n4ccc(C(F)(F)F)n4)C3)nc2N1C. The summed E-state index contributed by atoms with van der Waals surface area (Å²) in [7, 11) is 3.33. The van der Waals surface area contributed by atoms with Crippen LogP contribution in [0.25, 0.3) is 0 Å². The Kier molecular flexibility index (Phi) is 5.28. The number of nitrogens with one attached hydrogen (secondary N) is 2. The summed E-state index contributed by atoms with van der Waals surface area (Å²) in [6.07, 6.45) is -2.21. The minimum Gasteiger partial charge on any atom is -0.379 e. The topological polar surface area (TPSA) is 97.2 Å². The van der Waals surface area contributed by atoms with Crippen LogP contribution in [-0.4, -0.2) is 58.0 Å². The monoisotopic (exact) mass is 439 g/mol. The predicted molar refractivity (Wildman–Crippen MR) is 107 cm³/mol. The second-order valence-corrected chi connectivity index (χ2v) is 7.96. The van der Waals surface area contributed by atoms with E-state index in [9.17, 15) is 18.0 Å². The molecule has 12 heteroatoms. The number of aromatic nitrogens is 4. The molecule has 2 aliphatic rings. The van der Waals surface area contributed by atoms with Gasteiger partial charge >= 0.3 is 6.18 Å². The van der Waals surface area contributed by atoms with Crippen LogP contribution >= 0.6 is 0 Å². The number of carbonyl (C=O) groups is 1. The van der Waals surface area contributed by atoms with Crippen LogP contribution in [0.1, 0.15) is 37.2 Å². The summed E-state index contributed by atoms with van der Waals surface area (Å²) >= 11 is 0. The molecule has 0 unspecified atom stereocenters. The summed E-state index contributed by atoms with van der Waals surface area (Å²) in [5, 5.41) is 9.74. The second kappa shape index (κ2) is 7.66. The second-order valence-electron chi connectivity index (χ2n) is 7.96. The smallest absolute Gasteiger partial charge is 0.379 e. The molecule has 1 saturated carbocycles. The van der Waals surface area contributed by atoms with Crippen LogP contribution in [-0.2, 0) is 15.7 Å². The molecule has 0 aromatic carbocycles. The molecular weight excluding hydrogens is 415 g/mol. The van der Waals surface area contributed by atoms with Gasteiger partial charge in [-0.15, -0.1) is 0 Å². The number of methoxy groups -OCH3 is 1. The zero-order valence-electron chi connectivity index (χ0n) is 17.6. The fourth-order valence-electron chi connectivity index (χ4n) is 3.98. The summed E-state index contributed by atoms with van der Waals surface area (Å²) in [5.74, 6) is 0.806. The summed E-state index contributed by atoms with van der Waals surface area (Å²) in [6.45, 7) is 3.60. The third-order valence-electron chi connectivity index (χ3n) is 5.87. The quantitative estimate of drug-likeness (QED) is 0.739. The number of ether oxygens (including phenoxy) is 1. The van der Waals surface area contributed by atoms with Crippen molar-refractivity contribution in [3.05, 3.63) is 23.7 Å². The molecule has 9 nitrogen and oxygen atoms in total. The van der Waals surface area contributed by atoms with E-state index in [1.807, 2.05) is 6.92 Å². The average Bonchev–Trinajstić information content (AvgIpc) is 3.15. The van der Waals surface area contributed by atoms with E-state index >= 15 is 0 Å². The van der Waals surface area contributed by atoms with Crippen LogP contribution in [0.3, 0.4) is 0 Å². The van der Waals surface area contributed by atoms with Gasteiger partial charge in [-0.25, -0.2) is 4.98 Å². The van der Waals surface area contributed by atoms with Crippen molar-refractivity contribution < 1.29 is 22.7 Å². The van der Waals surface area contributed by atoms with Gasteiger partial charge in [0.25, 0.3) is 0 Å². The molecule has 2 N–H and O–H groups in total. The van der Waals surface area contributed by atoms with Crippen molar-refractivity contribution in [3.63, 3.8) is 0 Å². The van der Waals surface area contributed by atoms with Gasteiger partial charge < -0.3 is 20.3 Å². The van der Waals surface area contributed by atoms with E-state index in [4.69, 9.17) is 4.74 Å². The molecule has 2 atom stereocenters. The number of amides is 1. The Hall–Kier alpha value is -2.89. The first kappa shape index (κ1) is 21.3. The maximum absolute atomic E-state index is 12.7. The Morgan fingerprint density at radius 1 is 1.32 bits per heavy atom. The van der Waals surface area contributed by atoms with Gasteiger partial charge in [0.1, 0.15) is 11.7 Å². The third-order valence-corrected chi connectivity index (χ3v) is 5.87. The lowest BCUT2D eigenvalue weighted by atomic mass is 9.87. The Balaban J connectivity index is 1.45. The van der Waals surface area contributed by atoms with Crippen molar-refractivity contribution in [1.29, 1.82) is 0 Å². The molecule has 0 saturated heterocycles. The first-order valence-corrected chi connectivity index (χ1v) is 9.92. The molecule has 1 aliphatic heterocycles. The highest BCUT2D eigenvalue weighted by Crippen LogP contribution is 2.37. The van der Waals surface area contributed by atoms with Crippen molar-refractivity contribution in [3.8, 4) is 0 Å². The molecule has 2 aromatic heterocycles. The number of hydrogen-bond acceptors (Lipinski definition) is 7. The van der Waals surface area contributed by atoms with Gasteiger partial charge in [0.05, 0.1) is 17.8 Å². The van der Waals surface area contributed by atoms with Gasteiger partial charge in [-0.1, -0.05) is 0 Å². The van der Waals surface area contributed by atoms with Gasteiger partial charge in [0, 0.05) is 26.4 Å². The van der Waals surface area contributed by atoms with E-state index in [1.54, 1.807) is 26.0 Å². The van der Waals surface area contributed by atoms with Gasteiger partial charge in [-0.05, 0) is 32.8 Å². The number of carbonyl (C=O) groups excluding carboxylic acids is 1. The maximum Gasteiger partial charge on any atom is 0.435 e. The van der Waals surface area contributed by atoms with E-state index in [1.165, 1.54) is 10.9 Å². The summed E-state index contributed by atoms with van der Waals surface area (Å²) in [6, 6.07) is 0.355. The lowest BCUT2D eigenvalue weighted by molar-refractivity contribution is -0.141. The lowest BCUT2D eigenvalue weighted by Gasteiger charge is -2.38. The van der Waals surface area contributed by atoms with Gasteiger partial charge in [0.15, 0.2) is 11.5 Å². The molecule has 2 aromatic rings. The van der Waals surface area contributed by atoms with Gasteiger partial charge in [0.2, 0.25) is 11.9 Å². The first-order valence-electron chi connectivity index (χ1n) is 9.92. The van der Waals surface area contributed by atoms with Crippen molar-refractivity contribution >= 4 is 23.4 Å². The van der Waals surface area contributed by atoms with Gasteiger partial charge in [-0.2, -0.15) is 23.3 Å². The Labute approximate surface area is 177 Å². The molecule has 31 heavy (non-hydrogen) atoms. The van der Waals surface area contributed by atoms with E-state index in [0.29, 0.717) is 36.0 Å². The minimum atomic E-state index is -4.44. The zero-order valence-corrected chi connectivity index (χ0v) is 17.6. The molecule has 0 spiro atoms. The van der Waals surface area contributed by atoms with E-state index in [0.717, 1.165) is 6.07 Å². The van der Waals surface area contributed by atoms with Crippen LogP contribution in [0.5, 0.6) is 0 Å². The van der Waals surface area contributed by atoms with Crippen LogP contribution in [0.2, 0.25) is 0 Å². The average molecular weight is 439 g/mol. The predicted octanol–water partition coefficient (Wildman–Crippen LogP) is 2.61. The first-order chi connectivity index (χ1) is 14.6. The standard InChI is InChI=1S/C19H24F3N7O2/c1-9-14-16(28(3)15(10(2)31-4)17(30)25-14)26-18(23-9)24-11-7-12(8-11)29-6-5-13(27-29)19(20,21)22/h5-6,10-12,15H,7-8H2,1-4H3,(H,25,30)(H,23,24,26)/t10-,11?,12?,15+/m1/s1. The number of hydrogen-bond donors (Lipinski definition) is 2. The molecular formula is C19H24F3N7O2. The zero-order chi connectivity index (χ0) is 22.5. The van der Waals surface area contributed by atoms with Crippen LogP contribution in [0, 0.1) is 6.92 Å². The molecule has 168 valence electrons. The summed E-state index contributed by atoms with van der Waals surface area (Å²) in [5.41, 5.74) is 0.289. The summed E-state index contributed by atoms with van der Waals surface area (Å²) in [4.78, 5) is 23.3. The highest BCUT2D eigenvalue weighted by atomic mass is 19.4. The maximum atomic E-state index is 12.7. The number of aryl methyl sites for hydroxylation is 1.